The number of fused-ring (bicyclic) bond motifs is 1. The fourth-order valence-corrected chi connectivity index (χ4v) is 2.37. The van der Waals surface area contributed by atoms with Gasteiger partial charge in [0.2, 0.25) is 11.8 Å². The number of rotatable bonds is 2. The van der Waals surface area contributed by atoms with Crippen LogP contribution >= 0.6 is 11.6 Å². The smallest absolute Gasteiger partial charge is 0.287 e. The molecule has 21 heavy (non-hydrogen) atoms. The van der Waals surface area contributed by atoms with Crippen molar-refractivity contribution in [2.24, 2.45) is 0 Å². The number of carbonyl (C=O) groups excluding carboxylic acids is 3. The van der Waals surface area contributed by atoms with Crippen LogP contribution in [0.2, 0.25) is 5.02 Å². The first-order valence-electron chi connectivity index (χ1n) is 6.36. The number of carbonyl (C=O) groups is 3. The maximum Gasteiger partial charge on any atom is 0.287 e. The zero-order valence-corrected chi connectivity index (χ0v) is 11.6. The first kappa shape index (κ1) is 13.6. The Morgan fingerprint density at radius 2 is 2.14 bits per heavy atom. The van der Waals surface area contributed by atoms with Crippen LogP contribution in [0.3, 0.4) is 0 Å². The second-order valence-corrected chi connectivity index (χ2v) is 5.21. The summed E-state index contributed by atoms with van der Waals surface area (Å²) in [6.45, 7) is 0. The van der Waals surface area contributed by atoms with Gasteiger partial charge in [-0.15, -0.1) is 0 Å². The van der Waals surface area contributed by atoms with Crippen molar-refractivity contribution in [1.82, 2.24) is 10.6 Å². The van der Waals surface area contributed by atoms with Crippen molar-refractivity contribution in [2.45, 2.75) is 18.9 Å². The fourth-order valence-electron chi connectivity index (χ4n) is 2.19. The van der Waals surface area contributed by atoms with E-state index < -0.39 is 17.9 Å². The highest BCUT2D eigenvalue weighted by Gasteiger charge is 2.28. The summed E-state index contributed by atoms with van der Waals surface area (Å²) in [6.07, 6.45) is 0.481. The Kier molecular flexibility index (Phi) is 3.39. The maximum absolute atomic E-state index is 12.1. The van der Waals surface area contributed by atoms with E-state index in [9.17, 15) is 14.4 Å². The van der Waals surface area contributed by atoms with E-state index in [0.29, 0.717) is 16.0 Å². The van der Waals surface area contributed by atoms with E-state index in [1.54, 1.807) is 24.3 Å². The van der Waals surface area contributed by atoms with Crippen LogP contribution in [0.4, 0.5) is 0 Å². The van der Waals surface area contributed by atoms with Crippen LogP contribution in [0.5, 0.6) is 0 Å². The van der Waals surface area contributed by atoms with Gasteiger partial charge in [-0.1, -0.05) is 11.6 Å². The van der Waals surface area contributed by atoms with Crippen LogP contribution in [0.1, 0.15) is 23.4 Å². The minimum Gasteiger partial charge on any atom is -0.451 e. The highest BCUT2D eigenvalue weighted by atomic mass is 35.5. The second-order valence-electron chi connectivity index (χ2n) is 4.77. The average Bonchev–Trinajstić information content (AvgIpc) is 2.85. The van der Waals surface area contributed by atoms with Crippen molar-refractivity contribution in [3.05, 3.63) is 35.0 Å². The van der Waals surface area contributed by atoms with E-state index in [-0.39, 0.29) is 24.5 Å². The van der Waals surface area contributed by atoms with E-state index in [1.165, 1.54) is 0 Å². The molecule has 0 bridgehead atoms. The lowest BCUT2D eigenvalue weighted by Crippen LogP contribution is -2.52. The molecule has 1 unspecified atom stereocenters. The molecular formula is C14H11ClN2O4. The first-order chi connectivity index (χ1) is 10.0. The third-order valence-electron chi connectivity index (χ3n) is 3.25. The van der Waals surface area contributed by atoms with Gasteiger partial charge < -0.3 is 9.73 Å². The molecule has 1 atom stereocenters. The number of benzene rings is 1. The molecule has 108 valence electrons. The van der Waals surface area contributed by atoms with E-state index in [1.807, 2.05) is 0 Å². The van der Waals surface area contributed by atoms with E-state index in [4.69, 9.17) is 16.0 Å². The van der Waals surface area contributed by atoms with E-state index in [2.05, 4.69) is 10.6 Å². The van der Waals surface area contributed by atoms with E-state index >= 15 is 0 Å². The van der Waals surface area contributed by atoms with Gasteiger partial charge >= 0.3 is 0 Å². The molecule has 0 radical (unpaired) electrons. The molecule has 2 heterocycles. The van der Waals surface area contributed by atoms with Crippen molar-refractivity contribution in [2.75, 3.05) is 0 Å². The Morgan fingerprint density at radius 3 is 2.90 bits per heavy atom. The molecule has 1 aliphatic heterocycles. The summed E-state index contributed by atoms with van der Waals surface area (Å²) in [4.78, 5) is 34.7. The molecule has 1 fully saturated rings. The summed E-state index contributed by atoms with van der Waals surface area (Å²) in [5.74, 6) is -1.24. The molecule has 0 spiro atoms. The summed E-state index contributed by atoms with van der Waals surface area (Å²) < 4.78 is 5.41. The number of hydrogen-bond donors (Lipinski definition) is 2. The lowest BCUT2D eigenvalue weighted by molar-refractivity contribution is -0.134. The van der Waals surface area contributed by atoms with Crippen LogP contribution in [0.15, 0.2) is 28.7 Å². The average molecular weight is 307 g/mol. The predicted octanol–water partition coefficient (Wildman–Crippen LogP) is 1.62. The van der Waals surface area contributed by atoms with Gasteiger partial charge in [0.25, 0.3) is 5.91 Å². The third-order valence-corrected chi connectivity index (χ3v) is 3.48. The molecular weight excluding hydrogens is 296 g/mol. The van der Waals surface area contributed by atoms with Gasteiger partial charge in [0.15, 0.2) is 5.76 Å². The van der Waals surface area contributed by atoms with Gasteiger partial charge in [-0.25, -0.2) is 0 Å². The van der Waals surface area contributed by atoms with Gasteiger partial charge in [0.05, 0.1) is 0 Å². The maximum atomic E-state index is 12.1. The number of amides is 3. The SMILES string of the molecule is O=C1CCC(NC(=O)c2cc3cc(Cl)ccc3o2)C(=O)N1. The molecule has 1 aliphatic rings. The van der Waals surface area contributed by atoms with Crippen LogP contribution in [0, 0.1) is 0 Å². The summed E-state index contributed by atoms with van der Waals surface area (Å²) in [5.41, 5.74) is 0.535. The van der Waals surface area contributed by atoms with Crippen LogP contribution < -0.4 is 10.6 Å². The van der Waals surface area contributed by atoms with Gasteiger partial charge in [-0.2, -0.15) is 0 Å². The normalized spacial score (nSPS) is 18.6. The molecule has 1 saturated heterocycles. The van der Waals surface area contributed by atoms with Crippen LogP contribution in [-0.4, -0.2) is 23.8 Å². The minimum absolute atomic E-state index is 0.0944. The summed E-state index contributed by atoms with van der Waals surface area (Å²) in [5, 5.41) is 5.98. The Labute approximate surface area is 124 Å². The monoisotopic (exact) mass is 306 g/mol. The summed E-state index contributed by atoms with van der Waals surface area (Å²) in [6, 6.07) is 5.84. The van der Waals surface area contributed by atoms with Crippen molar-refractivity contribution in [3.63, 3.8) is 0 Å². The molecule has 1 aromatic carbocycles. The number of halogens is 1. The predicted molar refractivity (Wildman–Crippen MR) is 74.9 cm³/mol. The number of hydrogen-bond acceptors (Lipinski definition) is 4. The lowest BCUT2D eigenvalue weighted by atomic mass is 10.1. The van der Waals surface area contributed by atoms with Crippen LogP contribution in [0.25, 0.3) is 11.0 Å². The largest absolute Gasteiger partial charge is 0.451 e. The molecule has 0 aliphatic carbocycles. The Hall–Kier alpha value is -2.34. The Balaban J connectivity index is 1.77. The highest BCUT2D eigenvalue weighted by molar-refractivity contribution is 6.31. The quantitative estimate of drug-likeness (QED) is 0.825. The lowest BCUT2D eigenvalue weighted by Gasteiger charge is -2.21. The number of furan rings is 1. The fraction of sp³-hybridized carbons (Fsp3) is 0.214. The second kappa shape index (κ2) is 5.21. The van der Waals surface area contributed by atoms with Crippen molar-refractivity contribution in [3.8, 4) is 0 Å². The minimum atomic E-state index is -0.730. The summed E-state index contributed by atoms with van der Waals surface area (Å²) in [7, 11) is 0. The number of piperidine rings is 1. The topological polar surface area (TPSA) is 88.4 Å². The molecule has 6 nitrogen and oxygen atoms in total. The van der Waals surface area contributed by atoms with Gasteiger partial charge in [0.1, 0.15) is 11.6 Å². The molecule has 1 aromatic heterocycles. The van der Waals surface area contributed by atoms with Crippen LogP contribution in [-0.2, 0) is 9.59 Å². The zero-order chi connectivity index (χ0) is 15.0. The molecule has 0 saturated carbocycles. The zero-order valence-electron chi connectivity index (χ0n) is 10.8. The van der Waals surface area contributed by atoms with Crippen molar-refractivity contribution >= 4 is 40.3 Å². The van der Waals surface area contributed by atoms with Crippen molar-refractivity contribution in [1.29, 1.82) is 0 Å². The molecule has 3 rings (SSSR count). The van der Waals surface area contributed by atoms with E-state index in [0.717, 1.165) is 0 Å². The summed E-state index contributed by atoms with van der Waals surface area (Å²) >= 11 is 5.87. The number of nitrogens with one attached hydrogen (secondary N) is 2. The molecule has 3 amide bonds. The standard InChI is InChI=1S/C14H11ClN2O4/c15-8-1-3-10-7(5-8)6-11(21-10)14(20)16-9-2-4-12(18)17-13(9)19/h1,3,5-6,9H,2,4H2,(H,16,20)(H,17,18,19). The van der Waals surface area contributed by atoms with Gasteiger partial charge in [-0.3, -0.25) is 19.7 Å². The van der Waals surface area contributed by atoms with Gasteiger partial charge in [-0.05, 0) is 30.7 Å². The Bertz CT molecular complexity index is 753. The van der Waals surface area contributed by atoms with Crippen molar-refractivity contribution < 1.29 is 18.8 Å². The van der Waals surface area contributed by atoms with Gasteiger partial charge in [0, 0.05) is 16.8 Å². The molecule has 2 N–H and O–H groups in total. The molecule has 2 aromatic rings. The molecule has 7 heteroatoms. The highest BCUT2D eigenvalue weighted by Crippen LogP contribution is 2.23. The Morgan fingerprint density at radius 1 is 1.33 bits per heavy atom. The first-order valence-corrected chi connectivity index (χ1v) is 6.74. The number of imide groups is 1. The third kappa shape index (κ3) is 2.75.